The Labute approximate surface area is 162 Å². The molecule has 3 N–H and O–H groups in total. The maximum Gasteiger partial charge on any atom is 0.193 e. The van der Waals surface area contributed by atoms with Crippen molar-refractivity contribution < 1.29 is 18.3 Å². The van der Waals surface area contributed by atoms with Gasteiger partial charge < -0.3 is 20.5 Å². The third kappa shape index (κ3) is 3.74. The molecule has 5 nitrogen and oxygen atoms in total. The van der Waals surface area contributed by atoms with Crippen LogP contribution in [0, 0.1) is 11.6 Å². The van der Waals surface area contributed by atoms with E-state index in [2.05, 4.69) is 16.4 Å². The van der Waals surface area contributed by atoms with Gasteiger partial charge in [0.25, 0.3) is 0 Å². The standard InChI is InChI=1S/C21H23F2N3O2/c1-3-27-20-7-12-6-11(2)28-19(12)10-15(20)14-9-17(14)25-21(24)26-18-8-13(22)4-5-16(18)23/h4-5,7-8,10-11,14,17H,3,6,9H2,1-2H3,(H3,24,25,26). The number of rotatable bonds is 5. The number of fused-ring (bicyclic) bond motifs is 1. The van der Waals surface area contributed by atoms with Crippen LogP contribution in [0.1, 0.15) is 37.3 Å². The molecule has 1 saturated carbocycles. The molecule has 0 bridgehead atoms. The Hall–Kier alpha value is -2.83. The van der Waals surface area contributed by atoms with Crippen LogP contribution < -0.4 is 20.5 Å². The average Bonchev–Trinajstić information content (AvgIpc) is 3.29. The summed E-state index contributed by atoms with van der Waals surface area (Å²) in [5, 5.41) is 2.64. The molecule has 0 radical (unpaired) electrons. The van der Waals surface area contributed by atoms with E-state index in [1.807, 2.05) is 19.9 Å². The topological polar surface area (TPSA) is 68.9 Å². The maximum absolute atomic E-state index is 13.8. The molecule has 2 aliphatic rings. The summed E-state index contributed by atoms with van der Waals surface area (Å²) in [7, 11) is 0. The Bertz CT molecular complexity index is 932. The minimum atomic E-state index is -0.588. The van der Waals surface area contributed by atoms with E-state index in [-0.39, 0.29) is 29.7 Å². The molecule has 0 amide bonds. The molecule has 0 spiro atoms. The summed E-state index contributed by atoms with van der Waals surface area (Å²) < 4.78 is 38.8. The Morgan fingerprint density at radius 2 is 2.14 bits per heavy atom. The first-order valence-electron chi connectivity index (χ1n) is 9.46. The van der Waals surface area contributed by atoms with Crippen LogP contribution in [0.3, 0.4) is 0 Å². The highest BCUT2D eigenvalue weighted by Gasteiger charge is 2.41. The molecule has 1 aliphatic heterocycles. The number of guanidine groups is 1. The molecule has 148 valence electrons. The lowest BCUT2D eigenvalue weighted by Crippen LogP contribution is -2.24. The second-order valence-corrected chi connectivity index (χ2v) is 7.24. The van der Waals surface area contributed by atoms with Crippen molar-refractivity contribution in [1.29, 1.82) is 0 Å². The van der Waals surface area contributed by atoms with Gasteiger partial charge in [-0.25, -0.2) is 13.8 Å². The van der Waals surface area contributed by atoms with E-state index < -0.39 is 11.6 Å². The molecule has 4 rings (SSSR count). The largest absolute Gasteiger partial charge is 0.494 e. The Kier molecular flexibility index (Phi) is 4.83. The Morgan fingerprint density at radius 3 is 2.93 bits per heavy atom. The molecular formula is C21H23F2N3O2. The van der Waals surface area contributed by atoms with Crippen molar-refractivity contribution in [2.75, 3.05) is 11.9 Å². The lowest BCUT2D eigenvalue weighted by molar-refractivity contribution is 0.254. The van der Waals surface area contributed by atoms with E-state index in [9.17, 15) is 8.78 Å². The smallest absolute Gasteiger partial charge is 0.193 e. The van der Waals surface area contributed by atoms with E-state index in [1.165, 1.54) is 0 Å². The zero-order chi connectivity index (χ0) is 19.8. The highest BCUT2D eigenvalue weighted by atomic mass is 19.1. The van der Waals surface area contributed by atoms with Crippen LogP contribution in [0.4, 0.5) is 14.5 Å². The second kappa shape index (κ2) is 7.30. The van der Waals surface area contributed by atoms with Gasteiger partial charge in [0.05, 0.1) is 18.3 Å². The zero-order valence-corrected chi connectivity index (χ0v) is 15.8. The van der Waals surface area contributed by atoms with Gasteiger partial charge in [-0.3, -0.25) is 0 Å². The Balaban J connectivity index is 1.51. The van der Waals surface area contributed by atoms with Gasteiger partial charge in [-0.05, 0) is 44.5 Å². The molecule has 2 aromatic carbocycles. The van der Waals surface area contributed by atoms with E-state index in [1.54, 1.807) is 0 Å². The Morgan fingerprint density at radius 1 is 1.32 bits per heavy atom. The number of anilines is 1. The number of hydrogen-bond donors (Lipinski definition) is 2. The fourth-order valence-electron chi connectivity index (χ4n) is 3.63. The first-order chi connectivity index (χ1) is 13.4. The minimum Gasteiger partial charge on any atom is -0.494 e. The van der Waals surface area contributed by atoms with E-state index in [0.29, 0.717) is 6.61 Å². The number of ether oxygens (including phenoxy) is 2. The lowest BCUT2D eigenvalue weighted by atomic mass is 10.0. The van der Waals surface area contributed by atoms with Crippen LogP contribution in [-0.2, 0) is 6.42 Å². The van der Waals surface area contributed by atoms with Crippen molar-refractivity contribution in [2.45, 2.75) is 44.8 Å². The lowest BCUT2D eigenvalue weighted by Gasteiger charge is -2.12. The van der Waals surface area contributed by atoms with Crippen molar-refractivity contribution in [3.05, 3.63) is 53.1 Å². The van der Waals surface area contributed by atoms with Crippen LogP contribution in [0.5, 0.6) is 11.5 Å². The van der Waals surface area contributed by atoms with Gasteiger partial charge in [-0.1, -0.05) is 0 Å². The van der Waals surface area contributed by atoms with Crippen LogP contribution in [0.2, 0.25) is 0 Å². The highest BCUT2D eigenvalue weighted by Crippen LogP contribution is 2.49. The molecule has 1 aliphatic carbocycles. The van der Waals surface area contributed by atoms with Crippen LogP contribution in [0.25, 0.3) is 0 Å². The minimum absolute atomic E-state index is 0.0339. The summed E-state index contributed by atoms with van der Waals surface area (Å²) >= 11 is 0. The first kappa shape index (κ1) is 18.5. The molecule has 2 aromatic rings. The van der Waals surface area contributed by atoms with Gasteiger partial charge in [0.2, 0.25) is 0 Å². The van der Waals surface area contributed by atoms with Gasteiger partial charge in [0, 0.05) is 29.5 Å². The quantitative estimate of drug-likeness (QED) is 0.602. The van der Waals surface area contributed by atoms with Crippen molar-refractivity contribution in [3.8, 4) is 11.5 Å². The monoisotopic (exact) mass is 387 g/mol. The number of nitrogens with one attached hydrogen (secondary N) is 1. The van der Waals surface area contributed by atoms with Gasteiger partial charge in [0.15, 0.2) is 5.96 Å². The fourth-order valence-corrected chi connectivity index (χ4v) is 3.63. The van der Waals surface area contributed by atoms with Gasteiger partial charge in [-0.15, -0.1) is 0 Å². The molecule has 1 heterocycles. The number of aliphatic imine (C=N–C) groups is 1. The van der Waals surface area contributed by atoms with Gasteiger partial charge >= 0.3 is 0 Å². The predicted octanol–water partition coefficient (Wildman–Crippen LogP) is 3.97. The third-order valence-electron chi connectivity index (χ3n) is 4.98. The van der Waals surface area contributed by atoms with Crippen molar-refractivity contribution in [2.24, 2.45) is 10.7 Å². The van der Waals surface area contributed by atoms with Gasteiger partial charge in [-0.2, -0.15) is 0 Å². The van der Waals surface area contributed by atoms with Crippen molar-refractivity contribution in [1.82, 2.24) is 0 Å². The van der Waals surface area contributed by atoms with E-state index in [0.717, 1.165) is 53.7 Å². The van der Waals surface area contributed by atoms with Crippen LogP contribution in [0.15, 0.2) is 35.3 Å². The first-order valence-corrected chi connectivity index (χ1v) is 9.46. The van der Waals surface area contributed by atoms with Crippen LogP contribution in [-0.4, -0.2) is 24.7 Å². The number of benzene rings is 2. The number of nitrogens with zero attached hydrogens (tertiary/aromatic N) is 1. The van der Waals surface area contributed by atoms with Crippen LogP contribution >= 0.6 is 0 Å². The summed E-state index contributed by atoms with van der Waals surface area (Å²) in [5.41, 5.74) is 8.08. The SMILES string of the molecule is CCOc1cc2c(cc1C1CC1N=C(N)Nc1cc(F)ccc1F)OC(C)C2. The zero-order valence-electron chi connectivity index (χ0n) is 15.8. The summed E-state index contributed by atoms with van der Waals surface area (Å²) in [4.78, 5) is 4.42. The molecule has 1 fully saturated rings. The number of nitrogens with two attached hydrogens (primary N) is 1. The summed E-state index contributed by atoms with van der Waals surface area (Å²) in [6, 6.07) is 7.20. The molecule has 0 aromatic heterocycles. The highest BCUT2D eigenvalue weighted by molar-refractivity contribution is 5.92. The normalized spacial score (nSPS) is 23.1. The number of halogens is 2. The summed E-state index contributed by atoms with van der Waals surface area (Å²) in [6.07, 6.45) is 1.84. The molecule has 0 saturated heterocycles. The molecule has 3 atom stereocenters. The molecule has 28 heavy (non-hydrogen) atoms. The third-order valence-corrected chi connectivity index (χ3v) is 4.98. The summed E-state index contributed by atoms with van der Waals surface area (Å²) in [6.45, 7) is 4.57. The average molecular weight is 387 g/mol. The van der Waals surface area contributed by atoms with E-state index in [4.69, 9.17) is 15.2 Å². The maximum atomic E-state index is 13.8. The molecule has 3 unspecified atom stereocenters. The summed E-state index contributed by atoms with van der Waals surface area (Å²) in [5.74, 6) is 0.827. The fraction of sp³-hybridized carbons (Fsp3) is 0.381. The van der Waals surface area contributed by atoms with Crippen molar-refractivity contribution >= 4 is 11.6 Å². The number of hydrogen-bond acceptors (Lipinski definition) is 3. The molecular weight excluding hydrogens is 364 g/mol. The predicted molar refractivity (Wildman–Crippen MR) is 104 cm³/mol. The van der Waals surface area contributed by atoms with Crippen molar-refractivity contribution in [3.63, 3.8) is 0 Å². The van der Waals surface area contributed by atoms with E-state index >= 15 is 0 Å². The van der Waals surface area contributed by atoms with Gasteiger partial charge in [0.1, 0.15) is 29.2 Å². The molecule has 7 heteroatoms. The second-order valence-electron chi connectivity index (χ2n) is 7.24.